The van der Waals surface area contributed by atoms with Gasteiger partial charge < -0.3 is 14.6 Å². The second-order valence-corrected chi connectivity index (χ2v) is 3.86. The molecule has 0 saturated carbocycles. The van der Waals surface area contributed by atoms with Gasteiger partial charge in [0, 0.05) is 18.0 Å². The lowest BCUT2D eigenvalue weighted by Gasteiger charge is -2.37. The Hall–Kier alpha value is -1.36. The van der Waals surface area contributed by atoms with Crippen LogP contribution in [0.2, 0.25) is 0 Å². The Kier molecular flexibility index (Phi) is 2.25. The molecule has 1 amide bonds. The molecule has 1 aromatic rings. The molecule has 0 unspecified atom stereocenters. The van der Waals surface area contributed by atoms with Crippen LogP contribution in [-0.4, -0.2) is 30.8 Å². The van der Waals surface area contributed by atoms with Crippen LogP contribution in [0.4, 0.5) is 0 Å². The van der Waals surface area contributed by atoms with Crippen LogP contribution in [0.1, 0.15) is 17.5 Å². The molecular formula is C9H12N2O3. The topological polar surface area (TPSA) is 64.4 Å². The molecule has 1 aliphatic rings. The lowest BCUT2D eigenvalue weighted by molar-refractivity contribution is -0.0978. The third-order valence-corrected chi connectivity index (χ3v) is 2.24. The molecule has 0 aromatic carbocycles. The van der Waals surface area contributed by atoms with E-state index in [1.165, 1.54) is 12.3 Å². The molecule has 2 heterocycles. The molecule has 5 nitrogen and oxygen atoms in total. The van der Waals surface area contributed by atoms with Gasteiger partial charge in [-0.15, -0.1) is 0 Å². The van der Waals surface area contributed by atoms with E-state index in [4.69, 9.17) is 9.26 Å². The zero-order chi connectivity index (χ0) is 10.0. The highest BCUT2D eigenvalue weighted by molar-refractivity contribution is 5.91. The van der Waals surface area contributed by atoms with E-state index in [2.05, 4.69) is 17.4 Å². The van der Waals surface area contributed by atoms with E-state index in [-0.39, 0.29) is 17.1 Å². The Morgan fingerprint density at radius 2 is 2.50 bits per heavy atom. The monoisotopic (exact) mass is 196 g/mol. The highest BCUT2D eigenvalue weighted by Crippen LogP contribution is 2.25. The summed E-state index contributed by atoms with van der Waals surface area (Å²) in [5.41, 5.74) is 0.0790. The van der Waals surface area contributed by atoms with Crippen molar-refractivity contribution in [3.8, 4) is 0 Å². The van der Waals surface area contributed by atoms with E-state index >= 15 is 0 Å². The molecule has 1 N–H and O–H groups in total. The van der Waals surface area contributed by atoms with Crippen molar-refractivity contribution in [3.05, 3.63) is 18.0 Å². The van der Waals surface area contributed by atoms with E-state index in [1.54, 1.807) is 0 Å². The van der Waals surface area contributed by atoms with Gasteiger partial charge in [-0.25, -0.2) is 0 Å². The number of nitrogens with zero attached hydrogens (tertiary/aromatic N) is 1. The molecule has 76 valence electrons. The molecule has 1 aliphatic heterocycles. The molecule has 1 aromatic heterocycles. The zero-order valence-corrected chi connectivity index (χ0v) is 7.95. The van der Waals surface area contributed by atoms with Gasteiger partial charge in [0.05, 0.1) is 19.4 Å². The average Bonchev–Trinajstić information content (AvgIpc) is 2.63. The number of aromatic nitrogens is 1. The maximum Gasteiger partial charge on any atom is 0.289 e. The summed E-state index contributed by atoms with van der Waals surface area (Å²) in [5.74, 6) is 0.0180. The van der Waals surface area contributed by atoms with E-state index in [0.29, 0.717) is 19.8 Å². The SMILES string of the molecule is CC1(CNC(=O)c2ccno2)COC1. The zero-order valence-electron chi connectivity index (χ0n) is 7.95. The summed E-state index contributed by atoms with van der Waals surface area (Å²) in [6.45, 7) is 4.07. The Morgan fingerprint density at radius 3 is 3.00 bits per heavy atom. The smallest absolute Gasteiger partial charge is 0.289 e. The maximum absolute atomic E-state index is 11.4. The van der Waals surface area contributed by atoms with Gasteiger partial charge in [0.1, 0.15) is 0 Å². The number of hydrogen-bond donors (Lipinski definition) is 1. The molecule has 5 heteroatoms. The van der Waals surface area contributed by atoms with Gasteiger partial charge >= 0.3 is 0 Å². The molecule has 0 radical (unpaired) electrons. The molecule has 0 spiro atoms. The van der Waals surface area contributed by atoms with E-state index in [0.717, 1.165) is 0 Å². The summed E-state index contributed by atoms with van der Waals surface area (Å²) in [6.07, 6.45) is 1.45. The lowest BCUT2D eigenvalue weighted by atomic mass is 9.89. The van der Waals surface area contributed by atoms with Gasteiger partial charge in [-0.3, -0.25) is 4.79 Å². The van der Waals surface area contributed by atoms with Crippen molar-refractivity contribution in [2.45, 2.75) is 6.92 Å². The van der Waals surface area contributed by atoms with Crippen molar-refractivity contribution in [3.63, 3.8) is 0 Å². The van der Waals surface area contributed by atoms with E-state index in [1.807, 2.05) is 0 Å². The normalized spacial score (nSPS) is 18.6. The van der Waals surface area contributed by atoms with Gasteiger partial charge in [0.2, 0.25) is 5.76 Å². The largest absolute Gasteiger partial charge is 0.380 e. The second-order valence-electron chi connectivity index (χ2n) is 3.86. The Balaban J connectivity index is 1.84. The van der Waals surface area contributed by atoms with Gasteiger partial charge in [0.15, 0.2) is 0 Å². The van der Waals surface area contributed by atoms with Crippen LogP contribution < -0.4 is 5.32 Å². The molecule has 0 aliphatic carbocycles. The van der Waals surface area contributed by atoms with Crippen LogP contribution in [0, 0.1) is 5.41 Å². The van der Waals surface area contributed by atoms with Gasteiger partial charge in [-0.1, -0.05) is 12.1 Å². The van der Waals surface area contributed by atoms with Crippen molar-refractivity contribution >= 4 is 5.91 Å². The van der Waals surface area contributed by atoms with Crippen molar-refractivity contribution in [1.82, 2.24) is 10.5 Å². The van der Waals surface area contributed by atoms with Gasteiger partial charge in [-0.2, -0.15) is 0 Å². The van der Waals surface area contributed by atoms with Crippen LogP contribution in [0.25, 0.3) is 0 Å². The van der Waals surface area contributed by atoms with Crippen LogP contribution in [-0.2, 0) is 4.74 Å². The Labute approximate surface area is 81.4 Å². The quantitative estimate of drug-likeness (QED) is 0.761. The molecule has 2 rings (SSSR count). The Bertz CT molecular complexity index is 317. The fraction of sp³-hybridized carbons (Fsp3) is 0.556. The van der Waals surface area contributed by atoms with Crippen molar-refractivity contribution in [2.75, 3.05) is 19.8 Å². The standard InChI is InChI=1S/C9H12N2O3/c1-9(5-13-6-9)4-10-8(12)7-2-3-11-14-7/h2-3H,4-6H2,1H3,(H,10,12). The van der Waals surface area contributed by atoms with Crippen LogP contribution in [0.5, 0.6) is 0 Å². The first-order chi connectivity index (χ1) is 6.70. The molecular weight excluding hydrogens is 184 g/mol. The number of carbonyl (C=O) groups is 1. The number of carbonyl (C=O) groups excluding carboxylic acids is 1. The number of amides is 1. The van der Waals surface area contributed by atoms with E-state index < -0.39 is 0 Å². The molecule has 1 fully saturated rings. The summed E-state index contributed by atoms with van der Waals surface area (Å²) in [6, 6.07) is 1.54. The molecule has 1 saturated heterocycles. The maximum atomic E-state index is 11.4. The molecule has 14 heavy (non-hydrogen) atoms. The third kappa shape index (κ3) is 1.77. The summed E-state index contributed by atoms with van der Waals surface area (Å²) >= 11 is 0. The van der Waals surface area contributed by atoms with Crippen molar-refractivity contribution in [2.24, 2.45) is 5.41 Å². The predicted octanol–water partition coefficient (Wildman–Crippen LogP) is 0.441. The van der Waals surface area contributed by atoms with Gasteiger partial charge in [-0.05, 0) is 0 Å². The van der Waals surface area contributed by atoms with E-state index in [9.17, 15) is 4.79 Å². The minimum absolute atomic E-state index is 0.0790. The van der Waals surface area contributed by atoms with Crippen LogP contribution in [0.15, 0.2) is 16.8 Å². The highest BCUT2D eigenvalue weighted by atomic mass is 16.5. The highest BCUT2D eigenvalue weighted by Gasteiger charge is 2.33. The van der Waals surface area contributed by atoms with Crippen LogP contribution in [0.3, 0.4) is 0 Å². The summed E-state index contributed by atoms with van der Waals surface area (Å²) < 4.78 is 9.79. The summed E-state index contributed by atoms with van der Waals surface area (Å²) in [5, 5.41) is 6.24. The predicted molar refractivity (Wildman–Crippen MR) is 47.8 cm³/mol. The Morgan fingerprint density at radius 1 is 1.71 bits per heavy atom. The first-order valence-corrected chi connectivity index (χ1v) is 4.46. The molecule has 0 atom stereocenters. The first kappa shape index (κ1) is 9.21. The fourth-order valence-electron chi connectivity index (χ4n) is 1.27. The fourth-order valence-corrected chi connectivity index (χ4v) is 1.27. The minimum Gasteiger partial charge on any atom is -0.380 e. The average molecular weight is 196 g/mol. The number of ether oxygens (including phenoxy) is 1. The summed E-state index contributed by atoms with van der Waals surface area (Å²) in [7, 11) is 0. The molecule has 0 bridgehead atoms. The summed E-state index contributed by atoms with van der Waals surface area (Å²) in [4.78, 5) is 11.4. The van der Waals surface area contributed by atoms with Crippen molar-refractivity contribution < 1.29 is 14.1 Å². The van der Waals surface area contributed by atoms with Gasteiger partial charge in [0.25, 0.3) is 5.91 Å². The van der Waals surface area contributed by atoms with Crippen LogP contribution >= 0.6 is 0 Å². The second kappa shape index (κ2) is 3.42. The first-order valence-electron chi connectivity index (χ1n) is 4.46. The van der Waals surface area contributed by atoms with Crippen molar-refractivity contribution in [1.29, 1.82) is 0 Å². The number of hydrogen-bond acceptors (Lipinski definition) is 4. The number of nitrogens with one attached hydrogen (secondary N) is 1. The number of rotatable bonds is 3. The third-order valence-electron chi connectivity index (χ3n) is 2.24. The lowest BCUT2D eigenvalue weighted by Crippen LogP contribution is -2.48. The minimum atomic E-state index is -0.226.